The van der Waals surface area contributed by atoms with Gasteiger partial charge in [0.05, 0.1) is 18.1 Å². The molecule has 5 nitrogen and oxygen atoms in total. The smallest absolute Gasteiger partial charge is 0.254 e. The van der Waals surface area contributed by atoms with Crippen LogP contribution in [0.5, 0.6) is 5.75 Å². The highest BCUT2D eigenvalue weighted by atomic mass is 35.5. The maximum atomic E-state index is 12.9. The Morgan fingerprint density at radius 1 is 0.935 bits per heavy atom. The largest absolute Gasteiger partial charge is 0.489 e. The quantitative estimate of drug-likeness (QED) is 0.402. The molecule has 0 unspecified atom stereocenters. The van der Waals surface area contributed by atoms with Gasteiger partial charge >= 0.3 is 0 Å². The van der Waals surface area contributed by atoms with Gasteiger partial charge in [-0.3, -0.25) is 9.59 Å². The average Bonchev–Trinajstić information content (AvgIpc) is 3.57. The number of ether oxygens (including phenoxy) is 1. The summed E-state index contributed by atoms with van der Waals surface area (Å²) in [4.78, 5) is 25.9. The predicted molar refractivity (Wildman–Crippen MR) is 116 cm³/mol. The minimum absolute atomic E-state index is 0.140. The van der Waals surface area contributed by atoms with Crippen LogP contribution in [0, 0.1) is 35.5 Å². The number of hydrogen-bond donors (Lipinski definition) is 0. The zero-order chi connectivity index (χ0) is 21.1. The number of rotatable bonds is 5. The SMILES string of the molecule is O=C1[C@@H]2[C@@H]3C=C[C@H]([C@@H]4C[C@H]34)[C@H]2C(=O)N1/N=C\c1ccc(OCc2ccc(Cl)cc2)cc1. The van der Waals surface area contributed by atoms with Gasteiger partial charge in [0.1, 0.15) is 12.4 Å². The van der Waals surface area contributed by atoms with Crippen LogP contribution in [0.15, 0.2) is 65.8 Å². The number of nitrogens with zero attached hydrogens (tertiary/aromatic N) is 2. The molecule has 31 heavy (non-hydrogen) atoms. The summed E-state index contributed by atoms with van der Waals surface area (Å²) in [6.07, 6.45) is 7.07. The number of halogens is 1. The molecule has 1 aliphatic heterocycles. The van der Waals surface area contributed by atoms with Gasteiger partial charge in [0.2, 0.25) is 0 Å². The highest BCUT2D eigenvalue weighted by molar-refractivity contribution is 6.30. The van der Waals surface area contributed by atoms with Gasteiger partial charge in [0, 0.05) is 5.02 Å². The Labute approximate surface area is 185 Å². The lowest BCUT2D eigenvalue weighted by Crippen LogP contribution is -2.40. The number of benzene rings is 2. The van der Waals surface area contributed by atoms with Crippen molar-refractivity contribution in [1.29, 1.82) is 0 Å². The molecule has 2 aromatic rings. The Hall–Kier alpha value is -2.92. The van der Waals surface area contributed by atoms with Crippen molar-refractivity contribution in [2.75, 3.05) is 0 Å². The third-order valence-electron chi connectivity index (χ3n) is 7.16. The first-order valence-corrected chi connectivity index (χ1v) is 11.1. The molecule has 1 saturated heterocycles. The Morgan fingerprint density at radius 2 is 1.55 bits per heavy atom. The molecule has 0 aromatic heterocycles. The van der Waals surface area contributed by atoms with Crippen molar-refractivity contribution in [1.82, 2.24) is 5.01 Å². The van der Waals surface area contributed by atoms with Crippen LogP contribution in [-0.2, 0) is 16.2 Å². The molecular formula is C25H21ClN2O3. The molecule has 2 aromatic carbocycles. The van der Waals surface area contributed by atoms with Gasteiger partial charge in [0.15, 0.2) is 0 Å². The molecule has 5 aliphatic rings. The zero-order valence-electron chi connectivity index (χ0n) is 16.7. The molecule has 6 atom stereocenters. The molecule has 2 saturated carbocycles. The Balaban J connectivity index is 1.12. The summed E-state index contributed by atoms with van der Waals surface area (Å²) < 4.78 is 5.79. The second-order valence-electron chi connectivity index (χ2n) is 8.87. The second kappa shape index (κ2) is 7.06. The zero-order valence-corrected chi connectivity index (χ0v) is 17.5. The van der Waals surface area contributed by atoms with E-state index in [4.69, 9.17) is 16.3 Å². The van der Waals surface area contributed by atoms with Crippen LogP contribution >= 0.6 is 11.6 Å². The van der Waals surface area contributed by atoms with Gasteiger partial charge in [-0.2, -0.15) is 10.1 Å². The topological polar surface area (TPSA) is 59.0 Å². The highest BCUT2D eigenvalue weighted by Gasteiger charge is 2.67. The van der Waals surface area contributed by atoms with Crippen LogP contribution in [-0.4, -0.2) is 23.0 Å². The van der Waals surface area contributed by atoms with Gasteiger partial charge in [0.25, 0.3) is 11.8 Å². The fraction of sp³-hybridized carbons (Fsp3) is 0.320. The van der Waals surface area contributed by atoms with E-state index in [0.29, 0.717) is 23.5 Å². The first-order valence-electron chi connectivity index (χ1n) is 10.7. The molecule has 4 aliphatic carbocycles. The molecule has 156 valence electrons. The normalized spacial score (nSPS) is 32.5. The maximum absolute atomic E-state index is 12.9. The summed E-state index contributed by atoms with van der Waals surface area (Å²) in [6.45, 7) is 0.447. The molecule has 0 N–H and O–H groups in total. The molecule has 2 bridgehead atoms. The Kier molecular flexibility index (Phi) is 4.29. The summed E-state index contributed by atoms with van der Waals surface area (Å²) >= 11 is 5.90. The van der Waals surface area contributed by atoms with E-state index >= 15 is 0 Å². The first-order chi connectivity index (χ1) is 15.1. The Morgan fingerprint density at radius 3 is 2.16 bits per heavy atom. The second-order valence-corrected chi connectivity index (χ2v) is 9.31. The lowest BCUT2D eigenvalue weighted by atomic mass is 9.63. The van der Waals surface area contributed by atoms with E-state index in [1.165, 1.54) is 0 Å². The first kappa shape index (κ1) is 18.8. The van der Waals surface area contributed by atoms with E-state index < -0.39 is 0 Å². The molecule has 3 fully saturated rings. The molecular weight excluding hydrogens is 412 g/mol. The molecule has 0 radical (unpaired) electrons. The van der Waals surface area contributed by atoms with E-state index in [2.05, 4.69) is 17.3 Å². The van der Waals surface area contributed by atoms with Gasteiger partial charge < -0.3 is 4.74 Å². The lowest BCUT2D eigenvalue weighted by Gasteiger charge is -2.37. The molecule has 2 amide bonds. The van der Waals surface area contributed by atoms with E-state index in [-0.39, 0.29) is 35.5 Å². The fourth-order valence-electron chi connectivity index (χ4n) is 5.58. The van der Waals surface area contributed by atoms with Crippen LogP contribution < -0.4 is 4.74 Å². The molecule has 1 heterocycles. The van der Waals surface area contributed by atoms with Crippen LogP contribution in [0.1, 0.15) is 17.5 Å². The van der Waals surface area contributed by atoms with Crippen LogP contribution in [0.25, 0.3) is 0 Å². The van der Waals surface area contributed by atoms with Crippen molar-refractivity contribution in [2.45, 2.75) is 13.0 Å². The van der Waals surface area contributed by atoms with Crippen LogP contribution in [0.4, 0.5) is 0 Å². The third kappa shape index (κ3) is 3.10. The van der Waals surface area contributed by atoms with Gasteiger partial charge in [-0.1, -0.05) is 35.9 Å². The monoisotopic (exact) mass is 432 g/mol. The van der Waals surface area contributed by atoms with Crippen molar-refractivity contribution >= 4 is 29.6 Å². The minimum Gasteiger partial charge on any atom is -0.489 e. The van der Waals surface area contributed by atoms with E-state index in [0.717, 1.165) is 28.3 Å². The minimum atomic E-state index is -0.216. The number of hydrazone groups is 1. The third-order valence-corrected chi connectivity index (χ3v) is 7.41. The average molecular weight is 433 g/mol. The summed E-state index contributed by atoms with van der Waals surface area (Å²) in [5.74, 6) is 1.64. The van der Waals surface area contributed by atoms with Crippen molar-refractivity contribution in [3.8, 4) is 5.75 Å². The van der Waals surface area contributed by atoms with Crippen LogP contribution in [0.3, 0.4) is 0 Å². The number of hydrogen-bond acceptors (Lipinski definition) is 4. The summed E-state index contributed by atoms with van der Waals surface area (Å²) in [7, 11) is 0. The molecule has 0 spiro atoms. The van der Waals surface area contributed by atoms with Crippen molar-refractivity contribution in [3.63, 3.8) is 0 Å². The Bertz CT molecular complexity index is 1070. The predicted octanol–water partition coefficient (Wildman–Crippen LogP) is 4.31. The summed E-state index contributed by atoms with van der Waals surface area (Å²) in [5.41, 5.74) is 1.84. The molecule has 7 rings (SSSR count). The van der Waals surface area contributed by atoms with E-state index in [9.17, 15) is 9.59 Å². The summed E-state index contributed by atoms with van der Waals surface area (Å²) in [5, 5.41) is 6.08. The van der Waals surface area contributed by atoms with Gasteiger partial charge in [-0.15, -0.1) is 0 Å². The molecule has 6 heteroatoms. The lowest BCUT2D eigenvalue weighted by molar-refractivity contribution is -0.140. The summed E-state index contributed by atoms with van der Waals surface area (Å²) in [6, 6.07) is 14.9. The van der Waals surface area contributed by atoms with Crippen molar-refractivity contribution < 1.29 is 14.3 Å². The fourth-order valence-corrected chi connectivity index (χ4v) is 5.70. The number of imide groups is 1. The number of carbonyl (C=O) groups is 2. The van der Waals surface area contributed by atoms with E-state index in [1.807, 2.05) is 48.5 Å². The maximum Gasteiger partial charge on any atom is 0.254 e. The number of amides is 2. The standard InChI is InChI=1S/C25H21ClN2O3/c26-16-5-1-15(2-6-16)13-31-17-7-3-14(4-8-17)12-27-28-24(29)22-18-9-10-19(21-11-20(18)21)23(22)25(28)30/h1-10,12,18-23H,11,13H2/b27-12-/t18-,19-,20-,21+,22-,23-/m1/s1. The number of allylic oxidation sites excluding steroid dienone is 2. The highest BCUT2D eigenvalue weighted by Crippen LogP contribution is 2.65. The van der Waals surface area contributed by atoms with Gasteiger partial charge in [-0.05, 0) is 77.6 Å². The van der Waals surface area contributed by atoms with Crippen molar-refractivity contribution in [3.05, 3.63) is 76.8 Å². The number of carbonyl (C=O) groups excluding carboxylic acids is 2. The van der Waals surface area contributed by atoms with Crippen LogP contribution in [0.2, 0.25) is 5.02 Å². The van der Waals surface area contributed by atoms with Gasteiger partial charge in [-0.25, -0.2) is 0 Å². The van der Waals surface area contributed by atoms with Crippen molar-refractivity contribution in [2.24, 2.45) is 40.6 Å². The van der Waals surface area contributed by atoms with E-state index in [1.54, 1.807) is 6.21 Å².